The summed E-state index contributed by atoms with van der Waals surface area (Å²) in [6, 6.07) is 7.87. The number of hydrogen-bond acceptors (Lipinski definition) is 3. The molecule has 0 fully saturated rings. The molecule has 112 valence electrons. The van der Waals surface area contributed by atoms with E-state index in [4.69, 9.17) is 10.5 Å². The number of hydrogen-bond donors (Lipinski definition) is 1. The Morgan fingerprint density at radius 3 is 2.60 bits per heavy atom. The topological polar surface area (TPSA) is 55.6 Å². The number of likely N-dealkylation sites (N-methyl/N-ethyl adjacent to an activating group) is 1. The summed E-state index contributed by atoms with van der Waals surface area (Å²) in [7, 11) is 1.80. The molecule has 0 saturated heterocycles. The van der Waals surface area contributed by atoms with Gasteiger partial charge in [-0.25, -0.2) is 0 Å². The standard InChI is InChI=1S/C16H26N2O2/c1-5-16(3,12-17)15(19)18(4)10-11-20-14-9-7-6-8-13(14)2/h6-9H,5,10-12,17H2,1-4H3. The van der Waals surface area contributed by atoms with Gasteiger partial charge in [0.2, 0.25) is 5.91 Å². The summed E-state index contributed by atoms with van der Waals surface area (Å²) < 4.78 is 5.71. The van der Waals surface area contributed by atoms with Crippen LogP contribution in [0.5, 0.6) is 5.75 Å². The summed E-state index contributed by atoms with van der Waals surface area (Å²) in [5, 5.41) is 0. The number of ether oxygens (including phenoxy) is 1. The van der Waals surface area contributed by atoms with E-state index in [1.54, 1.807) is 11.9 Å². The second-order valence-corrected chi connectivity index (χ2v) is 5.46. The molecule has 1 aromatic rings. The Morgan fingerprint density at radius 1 is 1.40 bits per heavy atom. The quantitative estimate of drug-likeness (QED) is 0.832. The van der Waals surface area contributed by atoms with E-state index in [9.17, 15) is 4.79 Å². The second-order valence-electron chi connectivity index (χ2n) is 5.46. The first-order valence-corrected chi connectivity index (χ1v) is 7.08. The Balaban J connectivity index is 2.50. The summed E-state index contributed by atoms with van der Waals surface area (Å²) in [6.45, 7) is 7.31. The number of para-hydroxylation sites is 1. The molecule has 0 heterocycles. The molecule has 0 radical (unpaired) electrons. The van der Waals surface area contributed by atoms with E-state index in [0.717, 1.165) is 17.7 Å². The molecule has 4 nitrogen and oxygen atoms in total. The minimum absolute atomic E-state index is 0.0795. The predicted octanol–water partition coefficient (Wildman–Crippen LogP) is 2.21. The molecule has 4 heteroatoms. The summed E-state index contributed by atoms with van der Waals surface area (Å²) >= 11 is 0. The van der Waals surface area contributed by atoms with Crippen molar-refractivity contribution in [2.75, 3.05) is 26.7 Å². The zero-order chi connectivity index (χ0) is 15.2. The molecule has 1 atom stereocenters. The van der Waals surface area contributed by atoms with Gasteiger partial charge in [0.05, 0.1) is 12.0 Å². The highest BCUT2D eigenvalue weighted by Crippen LogP contribution is 2.22. The highest BCUT2D eigenvalue weighted by molar-refractivity contribution is 5.82. The van der Waals surface area contributed by atoms with E-state index in [0.29, 0.717) is 19.7 Å². The van der Waals surface area contributed by atoms with Gasteiger partial charge in [-0.15, -0.1) is 0 Å². The number of carbonyl (C=O) groups is 1. The molecule has 2 N–H and O–H groups in total. The molecule has 0 aliphatic rings. The van der Waals surface area contributed by atoms with Crippen LogP contribution in [0, 0.1) is 12.3 Å². The Morgan fingerprint density at radius 2 is 2.05 bits per heavy atom. The van der Waals surface area contributed by atoms with Crippen LogP contribution in [0.1, 0.15) is 25.8 Å². The number of carbonyl (C=O) groups excluding carboxylic acids is 1. The van der Waals surface area contributed by atoms with Gasteiger partial charge in [0, 0.05) is 13.6 Å². The van der Waals surface area contributed by atoms with Crippen molar-refractivity contribution < 1.29 is 9.53 Å². The van der Waals surface area contributed by atoms with Crippen molar-refractivity contribution in [2.45, 2.75) is 27.2 Å². The molecule has 1 aromatic carbocycles. The zero-order valence-electron chi connectivity index (χ0n) is 13.0. The fourth-order valence-electron chi connectivity index (χ4n) is 1.96. The van der Waals surface area contributed by atoms with Crippen molar-refractivity contribution >= 4 is 5.91 Å². The fraction of sp³-hybridized carbons (Fsp3) is 0.562. The van der Waals surface area contributed by atoms with Crippen LogP contribution in [0.4, 0.5) is 0 Å². The lowest BCUT2D eigenvalue weighted by Gasteiger charge is -2.30. The number of amides is 1. The van der Waals surface area contributed by atoms with Crippen molar-refractivity contribution in [3.05, 3.63) is 29.8 Å². The van der Waals surface area contributed by atoms with E-state index >= 15 is 0 Å². The third-order valence-electron chi connectivity index (χ3n) is 3.87. The molecule has 0 aliphatic carbocycles. The highest BCUT2D eigenvalue weighted by Gasteiger charge is 2.32. The molecule has 0 aliphatic heterocycles. The lowest BCUT2D eigenvalue weighted by atomic mass is 9.86. The van der Waals surface area contributed by atoms with Gasteiger partial charge in [0.25, 0.3) is 0 Å². The summed E-state index contributed by atoms with van der Waals surface area (Å²) in [5.41, 5.74) is 6.34. The van der Waals surface area contributed by atoms with Crippen LogP contribution in [0.2, 0.25) is 0 Å². The molecule has 0 spiro atoms. The largest absolute Gasteiger partial charge is 0.491 e. The zero-order valence-corrected chi connectivity index (χ0v) is 13.0. The van der Waals surface area contributed by atoms with E-state index < -0.39 is 5.41 Å². The normalized spacial score (nSPS) is 13.7. The second kappa shape index (κ2) is 7.29. The lowest BCUT2D eigenvalue weighted by Crippen LogP contribution is -2.45. The summed E-state index contributed by atoms with van der Waals surface area (Å²) in [5.74, 6) is 0.946. The molecular weight excluding hydrogens is 252 g/mol. The van der Waals surface area contributed by atoms with Crippen molar-refractivity contribution in [3.8, 4) is 5.75 Å². The van der Waals surface area contributed by atoms with Gasteiger partial charge in [0.15, 0.2) is 0 Å². The minimum Gasteiger partial charge on any atom is -0.491 e. The van der Waals surface area contributed by atoms with Gasteiger partial charge in [-0.05, 0) is 31.9 Å². The van der Waals surface area contributed by atoms with Gasteiger partial charge in [-0.1, -0.05) is 25.1 Å². The Labute approximate surface area is 121 Å². The van der Waals surface area contributed by atoms with Crippen LogP contribution < -0.4 is 10.5 Å². The van der Waals surface area contributed by atoms with Crippen molar-refractivity contribution in [3.63, 3.8) is 0 Å². The lowest BCUT2D eigenvalue weighted by molar-refractivity contribution is -0.139. The van der Waals surface area contributed by atoms with Gasteiger partial charge in [-0.2, -0.15) is 0 Å². The highest BCUT2D eigenvalue weighted by atomic mass is 16.5. The Hall–Kier alpha value is -1.55. The number of nitrogens with zero attached hydrogens (tertiary/aromatic N) is 1. The number of rotatable bonds is 7. The molecule has 0 aromatic heterocycles. The average Bonchev–Trinajstić information content (AvgIpc) is 2.47. The maximum Gasteiger partial charge on any atom is 0.229 e. The summed E-state index contributed by atoms with van der Waals surface area (Å²) in [4.78, 5) is 14.0. The van der Waals surface area contributed by atoms with Crippen LogP contribution in [0.25, 0.3) is 0 Å². The Kier molecular flexibility index (Phi) is 6.02. The van der Waals surface area contributed by atoms with Crippen molar-refractivity contribution in [2.24, 2.45) is 11.1 Å². The SMILES string of the molecule is CCC(C)(CN)C(=O)N(C)CCOc1ccccc1C. The number of nitrogens with two attached hydrogens (primary N) is 1. The molecule has 20 heavy (non-hydrogen) atoms. The fourth-order valence-corrected chi connectivity index (χ4v) is 1.96. The van der Waals surface area contributed by atoms with Gasteiger partial charge in [0.1, 0.15) is 12.4 Å². The molecule has 1 unspecified atom stereocenters. The third-order valence-corrected chi connectivity index (χ3v) is 3.87. The van der Waals surface area contributed by atoms with E-state index in [1.165, 1.54) is 0 Å². The smallest absolute Gasteiger partial charge is 0.229 e. The molecule has 1 rings (SSSR count). The monoisotopic (exact) mass is 278 g/mol. The maximum absolute atomic E-state index is 12.3. The number of aryl methyl sites for hydroxylation is 1. The van der Waals surface area contributed by atoms with Gasteiger partial charge in [-0.3, -0.25) is 4.79 Å². The van der Waals surface area contributed by atoms with Crippen LogP contribution >= 0.6 is 0 Å². The molecular formula is C16H26N2O2. The first-order chi connectivity index (χ1) is 9.44. The maximum atomic E-state index is 12.3. The molecule has 0 saturated carbocycles. The van der Waals surface area contributed by atoms with Crippen LogP contribution in [0.15, 0.2) is 24.3 Å². The van der Waals surface area contributed by atoms with Crippen LogP contribution in [-0.2, 0) is 4.79 Å². The summed E-state index contributed by atoms with van der Waals surface area (Å²) in [6.07, 6.45) is 0.741. The molecule has 0 bridgehead atoms. The van der Waals surface area contributed by atoms with E-state index in [-0.39, 0.29) is 5.91 Å². The predicted molar refractivity (Wildman–Crippen MR) is 81.8 cm³/mol. The first-order valence-electron chi connectivity index (χ1n) is 7.08. The van der Waals surface area contributed by atoms with E-state index in [1.807, 2.05) is 45.0 Å². The Bertz CT molecular complexity index is 442. The number of benzene rings is 1. The van der Waals surface area contributed by atoms with Gasteiger partial charge < -0.3 is 15.4 Å². The van der Waals surface area contributed by atoms with Crippen LogP contribution in [-0.4, -0.2) is 37.6 Å². The first kappa shape index (κ1) is 16.5. The third kappa shape index (κ3) is 3.97. The van der Waals surface area contributed by atoms with E-state index in [2.05, 4.69) is 0 Å². The minimum atomic E-state index is -0.475. The van der Waals surface area contributed by atoms with Crippen LogP contribution in [0.3, 0.4) is 0 Å². The van der Waals surface area contributed by atoms with Gasteiger partial charge >= 0.3 is 0 Å². The average molecular weight is 278 g/mol. The van der Waals surface area contributed by atoms with Crippen molar-refractivity contribution in [1.82, 2.24) is 4.90 Å². The molecule has 1 amide bonds. The van der Waals surface area contributed by atoms with Crippen molar-refractivity contribution in [1.29, 1.82) is 0 Å².